The predicted octanol–water partition coefficient (Wildman–Crippen LogP) is 5.50. The van der Waals surface area contributed by atoms with Crippen molar-refractivity contribution in [2.75, 3.05) is 5.32 Å². The number of hydrogen-bond acceptors (Lipinski definition) is 2. The molecule has 1 N–H and O–H groups in total. The van der Waals surface area contributed by atoms with Gasteiger partial charge in [0.2, 0.25) is 0 Å². The summed E-state index contributed by atoms with van der Waals surface area (Å²) in [6.45, 7) is 5.10. The highest BCUT2D eigenvalue weighted by Crippen LogP contribution is 2.32. The third-order valence-corrected chi connectivity index (χ3v) is 5.64. The van der Waals surface area contributed by atoms with Crippen LogP contribution in [0.4, 0.5) is 5.69 Å². The quantitative estimate of drug-likeness (QED) is 0.747. The van der Waals surface area contributed by atoms with Crippen LogP contribution >= 0.6 is 43.2 Å². The Morgan fingerprint density at radius 3 is 2.24 bits per heavy atom. The molecule has 1 nitrogen and oxygen atoms in total. The molecule has 0 spiro atoms. The van der Waals surface area contributed by atoms with Crippen LogP contribution in [0, 0.1) is 13.8 Å². The second-order valence-electron chi connectivity index (χ2n) is 4.06. The molecular formula is C13H13Br2NS. The summed E-state index contributed by atoms with van der Waals surface area (Å²) in [6, 6.07) is 8.67. The maximum Gasteiger partial charge on any atom is 0.0843 e. The molecule has 0 aliphatic rings. The molecule has 90 valence electrons. The Morgan fingerprint density at radius 2 is 1.71 bits per heavy atom. The molecule has 0 aliphatic heterocycles. The lowest BCUT2D eigenvalue weighted by Gasteiger charge is -2.07. The van der Waals surface area contributed by atoms with Gasteiger partial charge in [-0.25, -0.2) is 0 Å². The van der Waals surface area contributed by atoms with E-state index < -0.39 is 0 Å². The Morgan fingerprint density at radius 1 is 1.06 bits per heavy atom. The number of halogens is 2. The van der Waals surface area contributed by atoms with E-state index in [0.717, 1.165) is 14.8 Å². The van der Waals surface area contributed by atoms with Crippen molar-refractivity contribution in [2.24, 2.45) is 0 Å². The van der Waals surface area contributed by atoms with E-state index in [1.807, 2.05) is 0 Å². The maximum absolute atomic E-state index is 3.51. The summed E-state index contributed by atoms with van der Waals surface area (Å²) in [5.41, 5.74) is 3.77. The number of hydrogen-bond donors (Lipinski definition) is 1. The zero-order valence-electron chi connectivity index (χ0n) is 9.68. The number of nitrogens with one attached hydrogen (secondary N) is 1. The van der Waals surface area contributed by atoms with Crippen LogP contribution in [-0.2, 0) is 6.54 Å². The van der Waals surface area contributed by atoms with Gasteiger partial charge in [0.15, 0.2) is 0 Å². The minimum absolute atomic E-state index is 0.859. The SMILES string of the molecule is Cc1cc(C)cc(NCc2cc(Br)c(Br)s2)c1. The first-order valence-corrected chi connectivity index (χ1v) is 7.71. The Kier molecular flexibility index (Phi) is 4.28. The summed E-state index contributed by atoms with van der Waals surface area (Å²) in [5, 5.41) is 3.45. The van der Waals surface area contributed by atoms with Crippen LogP contribution in [0.5, 0.6) is 0 Å². The fraction of sp³-hybridized carbons (Fsp3) is 0.231. The van der Waals surface area contributed by atoms with Crippen molar-refractivity contribution in [3.63, 3.8) is 0 Å². The highest BCUT2D eigenvalue weighted by atomic mass is 79.9. The van der Waals surface area contributed by atoms with Gasteiger partial charge in [0.25, 0.3) is 0 Å². The molecule has 1 heterocycles. The average Bonchev–Trinajstić information content (AvgIpc) is 2.54. The van der Waals surface area contributed by atoms with E-state index in [0.29, 0.717) is 0 Å². The number of rotatable bonds is 3. The van der Waals surface area contributed by atoms with Gasteiger partial charge >= 0.3 is 0 Å². The smallest absolute Gasteiger partial charge is 0.0843 e. The molecule has 2 rings (SSSR count). The Hall–Kier alpha value is -0.320. The molecule has 0 saturated carbocycles. The largest absolute Gasteiger partial charge is 0.380 e. The average molecular weight is 375 g/mol. The first kappa shape index (κ1) is 13.1. The standard InChI is InChI=1S/C13H13Br2NS/c1-8-3-9(2)5-10(4-8)16-7-11-6-12(14)13(15)17-11/h3-6,16H,7H2,1-2H3. The Balaban J connectivity index is 2.07. The van der Waals surface area contributed by atoms with E-state index in [1.165, 1.54) is 21.7 Å². The lowest BCUT2D eigenvalue weighted by atomic mass is 10.1. The van der Waals surface area contributed by atoms with Gasteiger partial charge in [-0.1, -0.05) is 6.07 Å². The minimum Gasteiger partial charge on any atom is -0.380 e. The monoisotopic (exact) mass is 373 g/mol. The molecular weight excluding hydrogens is 362 g/mol. The highest BCUT2D eigenvalue weighted by molar-refractivity contribution is 9.13. The highest BCUT2D eigenvalue weighted by Gasteiger charge is 2.04. The van der Waals surface area contributed by atoms with Crippen LogP contribution in [0.2, 0.25) is 0 Å². The number of aryl methyl sites for hydroxylation is 2. The van der Waals surface area contributed by atoms with E-state index in [9.17, 15) is 0 Å². The van der Waals surface area contributed by atoms with Crippen molar-refractivity contribution in [2.45, 2.75) is 20.4 Å². The summed E-state index contributed by atoms with van der Waals surface area (Å²) >= 11 is 8.76. The lowest BCUT2D eigenvalue weighted by molar-refractivity contribution is 1.18. The summed E-state index contributed by atoms with van der Waals surface area (Å²) < 4.78 is 2.27. The fourth-order valence-electron chi connectivity index (χ4n) is 1.74. The van der Waals surface area contributed by atoms with E-state index >= 15 is 0 Å². The van der Waals surface area contributed by atoms with Crippen molar-refractivity contribution in [1.82, 2.24) is 0 Å². The molecule has 0 bridgehead atoms. The summed E-state index contributed by atoms with van der Waals surface area (Å²) in [6.07, 6.45) is 0. The zero-order chi connectivity index (χ0) is 12.4. The summed E-state index contributed by atoms with van der Waals surface area (Å²) in [5.74, 6) is 0. The second kappa shape index (κ2) is 5.55. The zero-order valence-corrected chi connectivity index (χ0v) is 13.7. The van der Waals surface area contributed by atoms with Gasteiger partial charge in [0, 0.05) is 21.6 Å². The molecule has 17 heavy (non-hydrogen) atoms. The molecule has 0 saturated heterocycles. The van der Waals surface area contributed by atoms with E-state index in [1.54, 1.807) is 11.3 Å². The van der Waals surface area contributed by atoms with Gasteiger partial charge in [0.05, 0.1) is 3.79 Å². The van der Waals surface area contributed by atoms with Gasteiger partial charge in [-0.15, -0.1) is 11.3 Å². The first-order valence-electron chi connectivity index (χ1n) is 5.30. The number of thiophene rings is 1. The molecule has 0 atom stereocenters. The molecule has 0 aliphatic carbocycles. The lowest BCUT2D eigenvalue weighted by Crippen LogP contribution is -1.97. The van der Waals surface area contributed by atoms with Crippen molar-refractivity contribution in [1.29, 1.82) is 0 Å². The number of anilines is 1. The van der Waals surface area contributed by atoms with Crippen LogP contribution in [0.25, 0.3) is 0 Å². The van der Waals surface area contributed by atoms with E-state index in [2.05, 4.69) is 75.3 Å². The number of benzene rings is 1. The van der Waals surface area contributed by atoms with Crippen molar-refractivity contribution < 1.29 is 0 Å². The topological polar surface area (TPSA) is 12.0 Å². The van der Waals surface area contributed by atoms with Crippen LogP contribution in [0.15, 0.2) is 32.5 Å². The second-order valence-corrected chi connectivity index (χ2v) is 7.37. The predicted molar refractivity (Wildman–Crippen MR) is 83.0 cm³/mol. The van der Waals surface area contributed by atoms with Gasteiger partial charge < -0.3 is 5.32 Å². The van der Waals surface area contributed by atoms with Gasteiger partial charge in [-0.3, -0.25) is 0 Å². The molecule has 0 unspecified atom stereocenters. The molecule has 2 aromatic rings. The van der Waals surface area contributed by atoms with Crippen LogP contribution in [0.1, 0.15) is 16.0 Å². The molecule has 0 amide bonds. The van der Waals surface area contributed by atoms with Gasteiger partial charge in [0.1, 0.15) is 0 Å². The van der Waals surface area contributed by atoms with E-state index in [-0.39, 0.29) is 0 Å². The third kappa shape index (κ3) is 3.57. The van der Waals surface area contributed by atoms with Gasteiger partial charge in [-0.2, -0.15) is 0 Å². The molecule has 0 radical (unpaired) electrons. The normalized spacial score (nSPS) is 10.6. The van der Waals surface area contributed by atoms with E-state index in [4.69, 9.17) is 0 Å². The van der Waals surface area contributed by atoms with Crippen LogP contribution < -0.4 is 5.32 Å². The van der Waals surface area contributed by atoms with Gasteiger partial charge in [-0.05, 0) is 75.0 Å². The van der Waals surface area contributed by atoms with Crippen LogP contribution in [0.3, 0.4) is 0 Å². The molecule has 4 heteroatoms. The van der Waals surface area contributed by atoms with Crippen molar-refractivity contribution >= 4 is 48.9 Å². The summed E-state index contributed by atoms with van der Waals surface area (Å²) in [7, 11) is 0. The van der Waals surface area contributed by atoms with Crippen LogP contribution in [-0.4, -0.2) is 0 Å². The molecule has 1 aromatic carbocycles. The molecule has 0 fully saturated rings. The van der Waals surface area contributed by atoms with Crippen molar-refractivity contribution in [3.8, 4) is 0 Å². The fourth-order valence-corrected chi connectivity index (χ4v) is 3.86. The molecule has 1 aromatic heterocycles. The third-order valence-electron chi connectivity index (χ3n) is 2.38. The first-order chi connectivity index (χ1) is 8.04. The maximum atomic E-state index is 3.51. The summed E-state index contributed by atoms with van der Waals surface area (Å²) in [4.78, 5) is 1.31. The Bertz CT molecular complexity index is 494. The van der Waals surface area contributed by atoms with Crippen molar-refractivity contribution in [3.05, 3.63) is 48.5 Å². The Labute approximate surface area is 123 Å². The minimum atomic E-state index is 0.859.